The molecule has 3 saturated heterocycles. The van der Waals surface area contributed by atoms with Gasteiger partial charge in [-0.1, -0.05) is 43.7 Å². The number of hydrogen-bond acceptors (Lipinski definition) is 16. The lowest BCUT2D eigenvalue weighted by Crippen LogP contribution is -2.60. The predicted molar refractivity (Wildman–Crippen MR) is 300 cm³/mol. The predicted octanol–water partition coefficient (Wildman–Crippen LogP) is 9.75. The van der Waals surface area contributed by atoms with Crippen LogP contribution in [0.1, 0.15) is 155 Å². The van der Waals surface area contributed by atoms with E-state index in [9.17, 15) is 19.2 Å². The third-order valence-electron chi connectivity index (χ3n) is 19.3. The standard InChI is InChI=1S/C42H69NO10.C21H27NO5/c1-10-27-13-12-14-35(53-37-18-17-34(43(6)7)24(4)49-37)23(3)38(45)33-21-31-29(32(33)22-36(44)51-27)16-15-26-19-28(20-30(26)31)52-42-41(47-9)40(48-11-2)39(46-8)25(5)50-42;1-5-26-20(24)27-18-17(16-12-13(2)6-7-14(16)3)19(23)22-21(18)10-8-15(25-4)9-11-21/h21,23-32,34-35,37,39-42H,10-20,22H2,1-9H3;6-7,12,15H,5,8-11H2,1-4H3,(H,22,23)/t23-,24-,25+,26-,27+,28-,29-,30-,31-,32+,34+,35+,37+,39+,40-,41-,42+;/m1./s1. The maximum atomic E-state index is 14.7. The summed E-state index contributed by atoms with van der Waals surface area (Å²) in [5, 5.41) is 3.11. The Hall–Kier alpha value is -3.78. The maximum absolute atomic E-state index is 14.7. The number of benzene rings is 1. The largest absolute Gasteiger partial charge is 0.513 e. The van der Waals surface area contributed by atoms with Crippen LogP contribution < -0.4 is 5.32 Å². The van der Waals surface area contributed by atoms with Gasteiger partial charge in [0.1, 0.15) is 30.2 Å². The highest BCUT2D eigenvalue weighted by Crippen LogP contribution is 2.57. The fraction of sp³-hybridized carbons (Fsp3) is 0.778. The first-order chi connectivity index (χ1) is 38.4. The van der Waals surface area contributed by atoms with Crippen molar-refractivity contribution in [2.24, 2.45) is 35.5 Å². The second kappa shape index (κ2) is 27.7. The van der Waals surface area contributed by atoms with Crippen LogP contribution in [0, 0.1) is 49.4 Å². The molecule has 0 aromatic heterocycles. The first-order valence-corrected chi connectivity index (χ1v) is 30.3. The van der Waals surface area contributed by atoms with E-state index in [1.165, 1.54) is 0 Å². The Morgan fingerprint density at radius 2 is 1.54 bits per heavy atom. The summed E-state index contributed by atoms with van der Waals surface area (Å²) in [6.07, 6.45) is 11.1. The van der Waals surface area contributed by atoms with Crippen molar-refractivity contribution >= 4 is 29.4 Å². The van der Waals surface area contributed by atoms with Gasteiger partial charge in [0.05, 0.1) is 54.7 Å². The molecule has 1 aromatic rings. The van der Waals surface area contributed by atoms with Crippen molar-refractivity contribution < 1.29 is 71.3 Å². The van der Waals surface area contributed by atoms with Gasteiger partial charge in [-0.15, -0.1) is 0 Å². The molecule has 1 amide bonds. The van der Waals surface area contributed by atoms with E-state index >= 15 is 0 Å². The smallest absolute Gasteiger partial charge is 0.462 e. The molecule has 3 saturated carbocycles. The number of fused-ring (bicyclic) bond motifs is 5. The highest BCUT2D eigenvalue weighted by Gasteiger charge is 2.55. The summed E-state index contributed by atoms with van der Waals surface area (Å²) in [5.41, 5.74) is 3.34. The van der Waals surface area contributed by atoms with Crippen LogP contribution >= 0.6 is 0 Å². The number of likely N-dealkylation sites (N-methyl/N-ethyl adjacent to an activating group) is 1. The van der Waals surface area contributed by atoms with E-state index in [4.69, 9.17) is 52.1 Å². The Balaban J connectivity index is 0.000000261. The number of methoxy groups -OCH3 is 3. The van der Waals surface area contributed by atoms with Gasteiger partial charge < -0.3 is 62.3 Å². The van der Waals surface area contributed by atoms with Crippen LogP contribution in [-0.2, 0) is 66.5 Å². The fourth-order valence-corrected chi connectivity index (χ4v) is 15.0. The second-order valence-electron chi connectivity index (χ2n) is 24.4. The van der Waals surface area contributed by atoms with Gasteiger partial charge in [0.15, 0.2) is 18.4 Å². The van der Waals surface area contributed by atoms with E-state index in [0.717, 1.165) is 99.3 Å². The number of carbonyl (C=O) groups excluding carboxylic acids is 4. The van der Waals surface area contributed by atoms with Gasteiger partial charge >= 0.3 is 12.1 Å². The molecule has 4 aliphatic carbocycles. The molecule has 6 fully saturated rings. The molecule has 80 heavy (non-hydrogen) atoms. The van der Waals surface area contributed by atoms with Gasteiger partial charge in [-0.3, -0.25) is 14.4 Å². The summed E-state index contributed by atoms with van der Waals surface area (Å²) in [7, 11) is 9.24. The van der Waals surface area contributed by atoms with E-state index in [2.05, 4.69) is 44.2 Å². The Bertz CT molecular complexity index is 2350. The number of cyclic esters (lactones) is 1. The van der Waals surface area contributed by atoms with Crippen molar-refractivity contribution in [2.75, 3.05) is 48.6 Å². The quantitative estimate of drug-likeness (QED) is 0.173. The summed E-state index contributed by atoms with van der Waals surface area (Å²) in [5.74, 6) is 0.907. The lowest BCUT2D eigenvalue weighted by Gasteiger charge is -2.44. The summed E-state index contributed by atoms with van der Waals surface area (Å²) < 4.78 is 66.3. The van der Waals surface area contributed by atoms with E-state index in [1.54, 1.807) is 28.3 Å². The minimum atomic E-state index is -0.778. The average Bonchev–Trinajstić information content (AvgIpc) is 4.30. The molecule has 0 bridgehead atoms. The van der Waals surface area contributed by atoms with E-state index in [1.807, 2.05) is 52.8 Å². The molecule has 4 aliphatic heterocycles. The molecular weight excluding hydrogens is 1020 g/mol. The van der Waals surface area contributed by atoms with Crippen molar-refractivity contribution in [1.82, 2.24) is 10.2 Å². The molecule has 17 heteroatoms. The molecule has 1 spiro atoms. The van der Waals surface area contributed by atoms with Gasteiger partial charge in [-0.05, 0) is 186 Å². The number of nitrogens with one attached hydrogen (secondary N) is 1. The molecule has 448 valence electrons. The molecule has 8 aliphatic rings. The van der Waals surface area contributed by atoms with Gasteiger partial charge in [0.2, 0.25) is 0 Å². The summed E-state index contributed by atoms with van der Waals surface area (Å²) in [6, 6.07) is 6.27. The van der Waals surface area contributed by atoms with Crippen LogP contribution in [-0.4, -0.2) is 156 Å². The SMILES string of the molecule is CCOC(=O)OC1=C(c2cc(C)ccc2C)C(=O)NC12CCC(OC)CC2.CCO[C@@H]1[C@@H](OC)[C@H](C)O[C@@H](O[C@@H]2C[C@H]3CC[C@@H]4[C@@H](C=C5C(=O)[C@H](C)[C@@H](O[C@H]6CC[C@H](N(C)C)[C@@H](C)O6)CCC[C@H](CC)OC(=O)C[C@H]54)[C@@H]3C2)[C@@H]1OC. The average molecular weight is 1120 g/mol. The third-order valence-corrected chi connectivity index (χ3v) is 19.3. The van der Waals surface area contributed by atoms with Crippen molar-refractivity contribution in [3.05, 3.63) is 52.3 Å². The number of esters is 1. The van der Waals surface area contributed by atoms with Crippen LogP contribution in [0.2, 0.25) is 0 Å². The number of Topliss-reactive ketones (excluding diaryl/α,β-unsaturated/α-hetero) is 1. The maximum Gasteiger partial charge on any atom is 0.513 e. The number of allylic oxidation sites excluding steroid dienone is 2. The number of ether oxygens (including phenoxy) is 11. The van der Waals surface area contributed by atoms with Crippen molar-refractivity contribution in [3.63, 3.8) is 0 Å². The molecule has 0 unspecified atom stereocenters. The van der Waals surface area contributed by atoms with Crippen LogP contribution in [0.4, 0.5) is 4.79 Å². The molecule has 9 rings (SSSR count). The molecule has 1 aromatic carbocycles. The number of ketones is 1. The monoisotopic (exact) mass is 1120 g/mol. The molecule has 17 nitrogen and oxygen atoms in total. The van der Waals surface area contributed by atoms with Crippen molar-refractivity contribution in [1.29, 1.82) is 0 Å². The molecular formula is C63H96N2O15. The summed E-state index contributed by atoms with van der Waals surface area (Å²) in [6.45, 7) is 16.6. The van der Waals surface area contributed by atoms with Crippen LogP contribution in [0.25, 0.3) is 5.57 Å². The zero-order valence-electron chi connectivity index (χ0n) is 50.3. The molecule has 4 heterocycles. The number of aryl methyl sites for hydroxylation is 2. The summed E-state index contributed by atoms with van der Waals surface area (Å²) >= 11 is 0. The number of amides is 1. The molecule has 0 radical (unpaired) electrons. The van der Waals surface area contributed by atoms with Crippen LogP contribution in [0.5, 0.6) is 0 Å². The number of nitrogens with zero attached hydrogens (tertiary/aromatic N) is 1. The minimum absolute atomic E-state index is 0.00218. The Morgan fingerprint density at radius 3 is 2.20 bits per heavy atom. The molecule has 17 atom stereocenters. The second-order valence-corrected chi connectivity index (χ2v) is 24.4. The van der Waals surface area contributed by atoms with E-state index in [-0.39, 0.29) is 109 Å². The first-order valence-electron chi connectivity index (χ1n) is 30.3. The van der Waals surface area contributed by atoms with Crippen LogP contribution in [0.15, 0.2) is 35.6 Å². The third kappa shape index (κ3) is 13.7. The minimum Gasteiger partial charge on any atom is -0.462 e. The topological polar surface area (TPSA) is 185 Å². The van der Waals surface area contributed by atoms with E-state index in [0.29, 0.717) is 48.7 Å². The Morgan fingerprint density at radius 1 is 0.787 bits per heavy atom. The number of hydrogen-bond donors (Lipinski definition) is 1. The highest BCUT2D eigenvalue weighted by atomic mass is 16.7. The van der Waals surface area contributed by atoms with Crippen LogP contribution in [0.3, 0.4) is 0 Å². The number of rotatable bonds is 14. The zero-order valence-corrected chi connectivity index (χ0v) is 50.3. The fourth-order valence-electron chi connectivity index (χ4n) is 15.0. The van der Waals surface area contributed by atoms with Gasteiger partial charge in [0, 0.05) is 45.8 Å². The van der Waals surface area contributed by atoms with Gasteiger partial charge in [-0.2, -0.15) is 0 Å². The van der Waals surface area contributed by atoms with E-state index < -0.39 is 24.1 Å². The zero-order chi connectivity index (χ0) is 57.6. The lowest BCUT2D eigenvalue weighted by molar-refractivity contribution is -0.317. The lowest BCUT2D eigenvalue weighted by atomic mass is 9.66. The first kappa shape index (κ1) is 62.3. The number of carbonyl (C=O) groups is 4. The van der Waals surface area contributed by atoms with Crippen molar-refractivity contribution in [3.8, 4) is 0 Å². The van der Waals surface area contributed by atoms with Gasteiger partial charge in [-0.25, -0.2) is 4.79 Å². The highest BCUT2D eigenvalue weighted by molar-refractivity contribution is 6.24. The summed E-state index contributed by atoms with van der Waals surface area (Å²) in [4.78, 5) is 55.6. The van der Waals surface area contributed by atoms with Crippen molar-refractivity contribution in [2.45, 2.75) is 231 Å². The Kier molecular flexibility index (Phi) is 21.6. The molecule has 1 N–H and O–H groups in total. The normalized spacial score (nSPS) is 38.5. The van der Waals surface area contributed by atoms with Gasteiger partial charge in [0.25, 0.3) is 5.91 Å². The Labute approximate surface area is 476 Å².